The quantitative estimate of drug-likeness (QED) is 0.582. The molecule has 1 aliphatic rings. The smallest absolute Gasteiger partial charge is 0.147 e. The number of hydrogen-bond acceptors (Lipinski definition) is 5. The SMILES string of the molecule is CSC/N=C1/CN(c2ncccc2Cl)CC/C1=C(/C)Nc1ccc(C(C)(C)C)cc1. The molecule has 6 heteroatoms. The van der Waals surface area contributed by atoms with Crippen LogP contribution in [0.4, 0.5) is 11.5 Å². The number of anilines is 2. The van der Waals surface area contributed by atoms with Gasteiger partial charge in [0.15, 0.2) is 0 Å². The van der Waals surface area contributed by atoms with Crippen molar-refractivity contribution >= 4 is 40.6 Å². The molecule has 160 valence electrons. The van der Waals surface area contributed by atoms with E-state index >= 15 is 0 Å². The maximum atomic E-state index is 6.39. The van der Waals surface area contributed by atoms with E-state index in [1.54, 1.807) is 18.0 Å². The Hall–Kier alpha value is -1.98. The van der Waals surface area contributed by atoms with Gasteiger partial charge in [-0.15, -0.1) is 11.8 Å². The molecule has 0 atom stereocenters. The molecular weight excluding hydrogens is 412 g/mol. The third-order valence-corrected chi connectivity index (χ3v) is 5.96. The summed E-state index contributed by atoms with van der Waals surface area (Å²) in [5.41, 5.74) is 6.14. The Morgan fingerprint density at radius 1 is 1.23 bits per heavy atom. The monoisotopic (exact) mass is 442 g/mol. The number of allylic oxidation sites excluding steroid dienone is 1. The molecule has 0 radical (unpaired) electrons. The van der Waals surface area contributed by atoms with Gasteiger partial charge in [-0.2, -0.15) is 0 Å². The molecule has 2 heterocycles. The molecule has 30 heavy (non-hydrogen) atoms. The molecule has 0 bridgehead atoms. The highest BCUT2D eigenvalue weighted by atomic mass is 35.5. The molecule has 1 saturated heterocycles. The highest BCUT2D eigenvalue weighted by Gasteiger charge is 2.24. The van der Waals surface area contributed by atoms with Crippen molar-refractivity contribution in [2.75, 3.05) is 35.4 Å². The van der Waals surface area contributed by atoms with Crippen LogP contribution < -0.4 is 10.2 Å². The van der Waals surface area contributed by atoms with Crippen LogP contribution in [0.5, 0.6) is 0 Å². The third-order valence-electron chi connectivity index (χ3n) is 5.28. The molecule has 0 aliphatic carbocycles. The van der Waals surface area contributed by atoms with E-state index in [4.69, 9.17) is 16.6 Å². The van der Waals surface area contributed by atoms with Gasteiger partial charge in [-0.25, -0.2) is 4.98 Å². The number of thioether (sulfide) groups is 1. The van der Waals surface area contributed by atoms with Gasteiger partial charge in [0.2, 0.25) is 0 Å². The average Bonchev–Trinajstić information content (AvgIpc) is 2.72. The van der Waals surface area contributed by atoms with E-state index in [-0.39, 0.29) is 5.41 Å². The van der Waals surface area contributed by atoms with Gasteiger partial charge < -0.3 is 10.2 Å². The van der Waals surface area contributed by atoms with E-state index in [0.717, 1.165) is 41.8 Å². The first-order valence-electron chi connectivity index (χ1n) is 10.2. The molecule has 0 amide bonds. The van der Waals surface area contributed by atoms with Gasteiger partial charge in [-0.05, 0) is 60.4 Å². The zero-order valence-electron chi connectivity index (χ0n) is 18.5. The highest BCUT2D eigenvalue weighted by Crippen LogP contribution is 2.29. The van der Waals surface area contributed by atoms with Crippen LogP contribution in [0, 0.1) is 0 Å². The van der Waals surface area contributed by atoms with Crippen molar-refractivity contribution in [1.82, 2.24) is 4.98 Å². The maximum absolute atomic E-state index is 6.39. The summed E-state index contributed by atoms with van der Waals surface area (Å²) < 4.78 is 0. The van der Waals surface area contributed by atoms with Crippen molar-refractivity contribution in [2.45, 2.75) is 39.5 Å². The molecule has 0 unspecified atom stereocenters. The summed E-state index contributed by atoms with van der Waals surface area (Å²) in [5.74, 6) is 1.58. The summed E-state index contributed by atoms with van der Waals surface area (Å²) in [6.07, 6.45) is 4.77. The molecule has 0 spiro atoms. The van der Waals surface area contributed by atoms with E-state index in [9.17, 15) is 0 Å². The Bertz CT molecular complexity index is 929. The lowest BCUT2D eigenvalue weighted by molar-refractivity contribution is 0.590. The van der Waals surface area contributed by atoms with E-state index < -0.39 is 0 Å². The van der Waals surface area contributed by atoms with Crippen LogP contribution in [0.2, 0.25) is 5.02 Å². The lowest BCUT2D eigenvalue weighted by atomic mass is 9.87. The van der Waals surface area contributed by atoms with Crippen molar-refractivity contribution in [2.24, 2.45) is 4.99 Å². The summed E-state index contributed by atoms with van der Waals surface area (Å²) in [6, 6.07) is 12.5. The Morgan fingerprint density at radius 3 is 2.60 bits per heavy atom. The summed E-state index contributed by atoms with van der Waals surface area (Å²) in [6.45, 7) is 10.4. The second-order valence-corrected chi connectivity index (χ2v) is 9.80. The number of pyridine rings is 1. The molecule has 3 rings (SSSR count). The standard InChI is InChI=1S/C24H31ClN4S/c1-17(28-19-10-8-18(9-11-19)24(2,3)4)20-12-14-29(15-22(20)27-16-30-5)23-21(25)7-6-13-26-23/h6-11,13,28H,12,14-16H2,1-5H3/b20-17+,27-22-. The summed E-state index contributed by atoms with van der Waals surface area (Å²) in [7, 11) is 0. The molecule has 1 fully saturated rings. The molecule has 1 N–H and O–H groups in total. The Kier molecular flexibility index (Phi) is 7.48. The van der Waals surface area contributed by atoms with Crippen LogP contribution >= 0.6 is 23.4 Å². The van der Waals surface area contributed by atoms with E-state index in [1.807, 2.05) is 12.1 Å². The zero-order valence-corrected chi connectivity index (χ0v) is 20.1. The minimum atomic E-state index is 0.156. The van der Waals surface area contributed by atoms with Crippen molar-refractivity contribution in [3.8, 4) is 0 Å². The Balaban J connectivity index is 1.82. The summed E-state index contributed by atoms with van der Waals surface area (Å²) in [5, 5.41) is 4.28. The number of nitrogens with one attached hydrogen (secondary N) is 1. The predicted molar refractivity (Wildman–Crippen MR) is 133 cm³/mol. The third kappa shape index (κ3) is 5.58. The number of piperidine rings is 1. The molecule has 1 aromatic carbocycles. The van der Waals surface area contributed by atoms with Crippen LogP contribution in [-0.4, -0.2) is 35.9 Å². The summed E-state index contributed by atoms with van der Waals surface area (Å²) in [4.78, 5) is 11.6. The molecule has 1 aromatic heterocycles. The molecule has 2 aromatic rings. The first kappa shape index (κ1) is 22.7. The Morgan fingerprint density at radius 2 is 1.97 bits per heavy atom. The molecule has 0 saturated carbocycles. The number of halogens is 1. The molecule has 4 nitrogen and oxygen atoms in total. The number of benzene rings is 1. The number of nitrogens with zero attached hydrogens (tertiary/aromatic N) is 3. The van der Waals surface area contributed by atoms with E-state index in [1.165, 1.54) is 11.1 Å². The van der Waals surface area contributed by atoms with Gasteiger partial charge in [0, 0.05) is 24.1 Å². The summed E-state index contributed by atoms with van der Waals surface area (Å²) >= 11 is 8.11. The van der Waals surface area contributed by atoms with Crippen molar-refractivity contribution in [3.05, 3.63) is 64.5 Å². The topological polar surface area (TPSA) is 40.5 Å². The lowest BCUT2D eigenvalue weighted by Gasteiger charge is -2.32. The fourth-order valence-electron chi connectivity index (χ4n) is 3.57. The second-order valence-electron chi connectivity index (χ2n) is 8.56. The minimum absolute atomic E-state index is 0.156. The van der Waals surface area contributed by atoms with Gasteiger partial charge in [-0.1, -0.05) is 44.5 Å². The van der Waals surface area contributed by atoms with Gasteiger partial charge in [0.25, 0.3) is 0 Å². The van der Waals surface area contributed by atoms with Gasteiger partial charge in [-0.3, -0.25) is 4.99 Å². The predicted octanol–water partition coefficient (Wildman–Crippen LogP) is 6.39. The van der Waals surface area contributed by atoms with Crippen LogP contribution in [0.25, 0.3) is 0 Å². The van der Waals surface area contributed by atoms with Crippen LogP contribution in [-0.2, 0) is 5.41 Å². The van der Waals surface area contributed by atoms with Gasteiger partial charge >= 0.3 is 0 Å². The Labute approximate surface area is 189 Å². The van der Waals surface area contributed by atoms with Crippen molar-refractivity contribution < 1.29 is 0 Å². The number of hydrogen-bond donors (Lipinski definition) is 1. The fraction of sp³-hybridized carbons (Fsp3) is 0.417. The minimum Gasteiger partial charge on any atom is -0.359 e. The van der Waals surface area contributed by atoms with E-state index in [2.05, 4.69) is 73.4 Å². The zero-order chi connectivity index (χ0) is 21.7. The van der Waals surface area contributed by atoms with Gasteiger partial charge in [0.05, 0.1) is 23.2 Å². The van der Waals surface area contributed by atoms with Crippen LogP contribution in [0.3, 0.4) is 0 Å². The van der Waals surface area contributed by atoms with Gasteiger partial charge in [0.1, 0.15) is 5.82 Å². The lowest BCUT2D eigenvalue weighted by Crippen LogP contribution is -2.38. The number of aliphatic imine (C=N–C) groups is 1. The maximum Gasteiger partial charge on any atom is 0.147 e. The van der Waals surface area contributed by atoms with Crippen molar-refractivity contribution in [1.29, 1.82) is 0 Å². The molecule has 1 aliphatic heterocycles. The fourth-order valence-corrected chi connectivity index (χ4v) is 4.10. The first-order valence-corrected chi connectivity index (χ1v) is 12.0. The number of rotatable bonds is 5. The highest BCUT2D eigenvalue weighted by molar-refractivity contribution is 7.98. The van der Waals surface area contributed by atoms with Crippen molar-refractivity contribution in [3.63, 3.8) is 0 Å². The average molecular weight is 443 g/mol. The van der Waals surface area contributed by atoms with E-state index in [0.29, 0.717) is 11.6 Å². The molecular formula is C24H31ClN4S. The second kappa shape index (κ2) is 9.88. The van der Waals surface area contributed by atoms with Crippen LogP contribution in [0.15, 0.2) is 58.9 Å². The largest absolute Gasteiger partial charge is 0.359 e. The number of aromatic nitrogens is 1. The van der Waals surface area contributed by atoms with Crippen LogP contribution in [0.1, 0.15) is 39.7 Å². The normalized spacial score (nSPS) is 17.9. The first-order chi connectivity index (χ1) is 14.3.